The number of carbonyl (C=O) groups is 1. The molecule has 0 saturated heterocycles. The summed E-state index contributed by atoms with van der Waals surface area (Å²) in [6, 6.07) is 15.4. The number of hydrogen-bond acceptors (Lipinski definition) is 2. The van der Waals surface area contributed by atoms with Crippen molar-refractivity contribution in [3.05, 3.63) is 64.7 Å². The van der Waals surface area contributed by atoms with Crippen molar-refractivity contribution in [1.29, 1.82) is 0 Å². The standard InChI is InChI=1S/C17H16ClNO2/c18-13-5-3-6-14(10-13)21-11-17(20)19-16-9-8-12-4-1-2-7-15(12)16/h1-7,10,16H,8-9,11H2,(H,19,20)/t16-/m1/s1. The number of fused-ring (bicyclic) bond motifs is 1. The summed E-state index contributed by atoms with van der Waals surface area (Å²) in [4.78, 5) is 12.0. The number of carbonyl (C=O) groups excluding carboxylic acids is 1. The summed E-state index contributed by atoms with van der Waals surface area (Å²) in [5.74, 6) is 0.487. The number of aryl methyl sites for hydroxylation is 1. The normalized spacial score (nSPS) is 16.3. The van der Waals surface area contributed by atoms with Gasteiger partial charge >= 0.3 is 0 Å². The minimum Gasteiger partial charge on any atom is -0.484 e. The molecule has 0 bridgehead atoms. The number of rotatable bonds is 4. The van der Waals surface area contributed by atoms with E-state index in [0.717, 1.165) is 12.8 Å². The summed E-state index contributed by atoms with van der Waals surface area (Å²) in [6.07, 6.45) is 1.96. The zero-order chi connectivity index (χ0) is 14.7. The van der Waals surface area contributed by atoms with Crippen molar-refractivity contribution in [2.75, 3.05) is 6.61 Å². The molecule has 3 nitrogen and oxygen atoms in total. The molecule has 1 N–H and O–H groups in total. The Bertz CT molecular complexity index is 657. The average molecular weight is 302 g/mol. The first kappa shape index (κ1) is 14.0. The van der Waals surface area contributed by atoms with E-state index in [0.29, 0.717) is 10.8 Å². The van der Waals surface area contributed by atoms with Gasteiger partial charge in [-0.15, -0.1) is 0 Å². The quantitative estimate of drug-likeness (QED) is 0.938. The molecule has 1 aliphatic rings. The Kier molecular flexibility index (Phi) is 4.11. The Morgan fingerprint density at radius 3 is 2.95 bits per heavy atom. The first-order valence-corrected chi connectivity index (χ1v) is 7.36. The van der Waals surface area contributed by atoms with Gasteiger partial charge in [0.15, 0.2) is 6.61 Å². The second kappa shape index (κ2) is 6.19. The molecule has 0 fully saturated rings. The van der Waals surface area contributed by atoms with Gasteiger partial charge < -0.3 is 10.1 Å². The van der Waals surface area contributed by atoms with Gasteiger partial charge in [0.05, 0.1) is 6.04 Å². The summed E-state index contributed by atoms with van der Waals surface area (Å²) in [6.45, 7) is -0.000983. The molecule has 108 valence electrons. The third-order valence-corrected chi connectivity index (χ3v) is 3.87. The Balaban J connectivity index is 1.56. The number of hydrogen-bond donors (Lipinski definition) is 1. The molecule has 1 atom stereocenters. The van der Waals surface area contributed by atoms with Crippen molar-refractivity contribution >= 4 is 17.5 Å². The third-order valence-electron chi connectivity index (χ3n) is 3.63. The second-order valence-electron chi connectivity index (χ2n) is 5.10. The fraction of sp³-hybridized carbons (Fsp3) is 0.235. The van der Waals surface area contributed by atoms with Crippen LogP contribution in [0.25, 0.3) is 0 Å². The maximum Gasteiger partial charge on any atom is 0.258 e. The molecule has 0 aromatic heterocycles. The maximum absolute atomic E-state index is 12.0. The zero-order valence-corrected chi connectivity index (χ0v) is 12.3. The first-order chi connectivity index (χ1) is 10.2. The number of halogens is 1. The third kappa shape index (κ3) is 3.37. The smallest absolute Gasteiger partial charge is 0.258 e. The number of nitrogens with one attached hydrogen (secondary N) is 1. The van der Waals surface area contributed by atoms with E-state index in [-0.39, 0.29) is 18.6 Å². The van der Waals surface area contributed by atoms with Gasteiger partial charge in [-0.05, 0) is 42.2 Å². The highest BCUT2D eigenvalue weighted by Crippen LogP contribution is 2.30. The number of ether oxygens (including phenoxy) is 1. The average Bonchev–Trinajstić information content (AvgIpc) is 2.89. The lowest BCUT2D eigenvalue weighted by Crippen LogP contribution is -2.31. The molecule has 4 heteroatoms. The van der Waals surface area contributed by atoms with E-state index in [1.54, 1.807) is 24.3 Å². The van der Waals surface area contributed by atoms with Gasteiger partial charge in [-0.3, -0.25) is 4.79 Å². The summed E-state index contributed by atoms with van der Waals surface area (Å²) in [5, 5.41) is 3.62. The highest BCUT2D eigenvalue weighted by molar-refractivity contribution is 6.30. The summed E-state index contributed by atoms with van der Waals surface area (Å²) < 4.78 is 5.45. The van der Waals surface area contributed by atoms with Gasteiger partial charge in [0.25, 0.3) is 5.91 Å². The van der Waals surface area contributed by atoms with Gasteiger partial charge in [0, 0.05) is 5.02 Å². The SMILES string of the molecule is O=C(COc1cccc(Cl)c1)N[C@@H]1CCc2ccccc21. The van der Waals surface area contributed by atoms with Crippen molar-refractivity contribution in [2.45, 2.75) is 18.9 Å². The molecule has 1 amide bonds. The van der Waals surface area contributed by atoms with Crippen molar-refractivity contribution < 1.29 is 9.53 Å². The fourth-order valence-corrected chi connectivity index (χ4v) is 2.83. The van der Waals surface area contributed by atoms with Crippen LogP contribution in [0, 0.1) is 0 Å². The molecule has 0 aliphatic heterocycles. The summed E-state index contributed by atoms with van der Waals surface area (Å²) in [7, 11) is 0. The molecule has 0 heterocycles. The van der Waals surface area contributed by atoms with Crippen LogP contribution in [-0.4, -0.2) is 12.5 Å². The van der Waals surface area contributed by atoms with Crippen molar-refractivity contribution in [2.24, 2.45) is 0 Å². The van der Waals surface area contributed by atoms with E-state index in [9.17, 15) is 4.79 Å². The maximum atomic E-state index is 12.0. The Morgan fingerprint density at radius 1 is 1.24 bits per heavy atom. The van der Waals surface area contributed by atoms with Gasteiger partial charge in [0.2, 0.25) is 0 Å². The molecular weight excluding hydrogens is 286 g/mol. The van der Waals surface area contributed by atoms with E-state index >= 15 is 0 Å². The van der Waals surface area contributed by atoms with E-state index in [1.165, 1.54) is 11.1 Å². The van der Waals surface area contributed by atoms with Crippen molar-refractivity contribution in [3.8, 4) is 5.75 Å². The van der Waals surface area contributed by atoms with Crippen LogP contribution >= 0.6 is 11.6 Å². The van der Waals surface area contributed by atoms with Crippen molar-refractivity contribution in [1.82, 2.24) is 5.32 Å². The molecule has 2 aromatic rings. The predicted molar refractivity (Wildman–Crippen MR) is 82.6 cm³/mol. The minimum atomic E-state index is -0.114. The Morgan fingerprint density at radius 2 is 2.10 bits per heavy atom. The van der Waals surface area contributed by atoms with Crippen LogP contribution in [0.1, 0.15) is 23.6 Å². The van der Waals surface area contributed by atoms with Crippen LogP contribution in [0.2, 0.25) is 5.02 Å². The molecule has 0 spiro atoms. The van der Waals surface area contributed by atoms with Crippen LogP contribution in [0.4, 0.5) is 0 Å². The number of amides is 1. The summed E-state index contributed by atoms with van der Waals surface area (Å²) >= 11 is 5.87. The molecule has 3 rings (SSSR count). The lowest BCUT2D eigenvalue weighted by atomic mass is 10.1. The summed E-state index contributed by atoms with van der Waals surface area (Å²) in [5.41, 5.74) is 2.53. The molecule has 0 saturated carbocycles. The lowest BCUT2D eigenvalue weighted by molar-refractivity contribution is -0.123. The van der Waals surface area contributed by atoms with E-state index < -0.39 is 0 Å². The Hall–Kier alpha value is -2.00. The van der Waals surface area contributed by atoms with Gasteiger partial charge in [0.1, 0.15) is 5.75 Å². The Labute approximate surface area is 128 Å². The monoisotopic (exact) mass is 301 g/mol. The fourth-order valence-electron chi connectivity index (χ4n) is 2.65. The van der Waals surface area contributed by atoms with Crippen molar-refractivity contribution in [3.63, 3.8) is 0 Å². The molecule has 0 unspecified atom stereocenters. The van der Waals surface area contributed by atoms with Crippen LogP contribution < -0.4 is 10.1 Å². The van der Waals surface area contributed by atoms with Gasteiger partial charge in [-0.1, -0.05) is 41.9 Å². The zero-order valence-electron chi connectivity index (χ0n) is 11.5. The second-order valence-corrected chi connectivity index (χ2v) is 5.54. The first-order valence-electron chi connectivity index (χ1n) is 6.98. The molecular formula is C17H16ClNO2. The van der Waals surface area contributed by atoms with Crippen LogP contribution in [0.3, 0.4) is 0 Å². The van der Waals surface area contributed by atoms with Gasteiger partial charge in [-0.2, -0.15) is 0 Å². The molecule has 21 heavy (non-hydrogen) atoms. The van der Waals surface area contributed by atoms with E-state index in [2.05, 4.69) is 17.4 Å². The van der Waals surface area contributed by atoms with Gasteiger partial charge in [-0.25, -0.2) is 0 Å². The topological polar surface area (TPSA) is 38.3 Å². The lowest BCUT2D eigenvalue weighted by Gasteiger charge is -2.14. The van der Waals surface area contributed by atoms with Crippen LogP contribution in [0.5, 0.6) is 5.75 Å². The minimum absolute atomic E-state index is 0.000983. The molecule has 0 radical (unpaired) electrons. The van der Waals surface area contributed by atoms with Crippen LogP contribution in [-0.2, 0) is 11.2 Å². The van der Waals surface area contributed by atoms with Crippen LogP contribution in [0.15, 0.2) is 48.5 Å². The predicted octanol–water partition coefficient (Wildman–Crippen LogP) is 3.52. The van der Waals surface area contributed by atoms with E-state index in [1.807, 2.05) is 12.1 Å². The highest BCUT2D eigenvalue weighted by Gasteiger charge is 2.23. The molecule has 2 aromatic carbocycles. The highest BCUT2D eigenvalue weighted by atomic mass is 35.5. The largest absolute Gasteiger partial charge is 0.484 e. The number of benzene rings is 2. The van der Waals surface area contributed by atoms with E-state index in [4.69, 9.17) is 16.3 Å². The molecule has 1 aliphatic carbocycles.